The summed E-state index contributed by atoms with van der Waals surface area (Å²) in [6.45, 7) is 1.15. The lowest BCUT2D eigenvalue weighted by Gasteiger charge is -2.12. The Kier molecular flexibility index (Phi) is 4.20. The van der Waals surface area contributed by atoms with Gasteiger partial charge < -0.3 is 4.74 Å². The van der Waals surface area contributed by atoms with Crippen molar-refractivity contribution in [1.29, 1.82) is 0 Å². The minimum absolute atomic E-state index is 0.184. The van der Waals surface area contributed by atoms with Gasteiger partial charge in [-0.05, 0) is 23.4 Å². The van der Waals surface area contributed by atoms with Gasteiger partial charge in [0.05, 0.1) is 7.11 Å². The Labute approximate surface area is 118 Å². The highest BCUT2D eigenvalue weighted by molar-refractivity contribution is 6.68. The van der Waals surface area contributed by atoms with Crippen LogP contribution in [0.4, 0.5) is 22.0 Å². The molecule has 0 fully saturated rings. The molecule has 2 aromatic rings. The SMILES string of the molecule is COc1cc(F)cc(F)c1[B]c1c(F)cc(F)c(F)c1C. The van der Waals surface area contributed by atoms with Crippen molar-refractivity contribution in [2.75, 3.05) is 7.11 Å². The lowest BCUT2D eigenvalue weighted by Crippen LogP contribution is -2.35. The third kappa shape index (κ3) is 2.86. The van der Waals surface area contributed by atoms with E-state index >= 15 is 0 Å². The van der Waals surface area contributed by atoms with Gasteiger partial charge in [-0.2, -0.15) is 0 Å². The van der Waals surface area contributed by atoms with Crippen LogP contribution in [0, 0.1) is 36.0 Å². The Morgan fingerprint density at radius 3 is 2.10 bits per heavy atom. The number of benzene rings is 2. The molecule has 1 radical (unpaired) electrons. The van der Waals surface area contributed by atoms with E-state index in [1.165, 1.54) is 7.11 Å². The third-order valence-electron chi connectivity index (χ3n) is 3.02. The van der Waals surface area contributed by atoms with Gasteiger partial charge in [0.15, 0.2) is 11.6 Å². The zero-order valence-electron chi connectivity index (χ0n) is 11.1. The predicted molar refractivity (Wildman–Crippen MR) is 69.0 cm³/mol. The summed E-state index contributed by atoms with van der Waals surface area (Å²) in [6, 6.07) is 1.85. The van der Waals surface area contributed by atoms with Gasteiger partial charge in [-0.25, -0.2) is 22.0 Å². The van der Waals surface area contributed by atoms with Crippen molar-refractivity contribution < 1.29 is 26.7 Å². The maximum atomic E-state index is 13.8. The van der Waals surface area contributed by atoms with Crippen LogP contribution in [0.15, 0.2) is 18.2 Å². The van der Waals surface area contributed by atoms with Crippen LogP contribution >= 0.6 is 0 Å². The number of hydrogen-bond acceptors (Lipinski definition) is 1. The Hall–Kier alpha value is -2.05. The Morgan fingerprint density at radius 1 is 0.857 bits per heavy atom. The van der Waals surface area contributed by atoms with Crippen LogP contribution in [-0.2, 0) is 0 Å². The van der Waals surface area contributed by atoms with E-state index in [2.05, 4.69) is 0 Å². The van der Waals surface area contributed by atoms with E-state index in [-0.39, 0.29) is 22.2 Å². The van der Waals surface area contributed by atoms with Crippen LogP contribution in [0.1, 0.15) is 5.56 Å². The molecule has 0 bridgehead atoms. The van der Waals surface area contributed by atoms with Crippen molar-refractivity contribution in [3.8, 4) is 5.75 Å². The molecule has 0 aliphatic heterocycles. The average Bonchev–Trinajstić information content (AvgIpc) is 2.42. The quantitative estimate of drug-likeness (QED) is 0.480. The van der Waals surface area contributed by atoms with Crippen LogP contribution < -0.4 is 15.7 Å². The van der Waals surface area contributed by atoms with Crippen molar-refractivity contribution in [2.24, 2.45) is 0 Å². The summed E-state index contributed by atoms with van der Waals surface area (Å²) in [5.41, 5.74) is -0.914. The van der Waals surface area contributed by atoms with Crippen molar-refractivity contribution in [3.05, 3.63) is 52.8 Å². The van der Waals surface area contributed by atoms with Gasteiger partial charge in [-0.15, -0.1) is 0 Å². The number of rotatable bonds is 3. The Bertz CT molecular complexity index is 702. The number of halogens is 5. The van der Waals surface area contributed by atoms with Gasteiger partial charge in [0, 0.05) is 18.2 Å². The zero-order valence-corrected chi connectivity index (χ0v) is 11.1. The molecule has 0 saturated carbocycles. The standard InChI is InChI=1S/C14H9BF5O/c1-6-12(9(18)5-10(19)14(6)20)15-13-8(17)3-7(16)4-11(13)21-2/h3-5H,1-2H3. The summed E-state index contributed by atoms with van der Waals surface area (Å²) < 4.78 is 72.0. The molecule has 109 valence electrons. The van der Waals surface area contributed by atoms with Crippen molar-refractivity contribution >= 4 is 18.2 Å². The molecule has 0 spiro atoms. The molecule has 2 aromatic carbocycles. The van der Waals surface area contributed by atoms with Crippen LogP contribution in [0.5, 0.6) is 5.75 Å². The van der Waals surface area contributed by atoms with Crippen molar-refractivity contribution in [1.82, 2.24) is 0 Å². The largest absolute Gasteiger partial charge is 0.497 e. The fraction of sp³-hybridized carbons (Fsp3) is 0.143. The van der Waals surface area contributed by atoms with E-state index in [1.54, 1.807) is 0 Å². The molecule has 0 unspecified atom stereocenters. The van der Waals surface area contributed by atoms with Gasteiger partial charge >= 0.3 is 0 Å². The maximum Gasteiger partial charge on any atom is 0.204 e. The molecule has 7 heteroatoms. The van der Waals surface area contributed by atoms with E-state index in [1.807, 2.05) is 0 Å². The summed E-state index contributed by atoms with van der Waals surface area (Å²) in [7, 11) is 2.13. The summed E-state index contributed by atoms with van der Waals surface area (Å²) in [4.78, 5) is 0. The minimum atomic E-state index is -1.34. The van der Waals surface area contributed by atoms with Crippen molar-refractivity contribution in [2.45, 2.75) is 6.92 Å². The Morgan fingerprint density at radius 2 is 1.48 bits per heavy atom. The van der Waals surface area contributed by atoms with Crippen molar-refractivity contribution in [3.63, 3.8) is 0 Å². The summed E-state index contributed by atoms with van der Waals surface area (Å²) >= 11 is 0. The zero-order chi connectivity index (χ0) is 15.7. The topological polar surface area (TPSA) is 9.23 Å². The minimum Gasteiger partial charge on any atom is -0.497 e. The molecule has 0 N–H and O–H groups in total. The Balaban J connectivity index is 2.56. The average molecular weight is 299 g/mol. The third-order valence-corrected chi connectivity index (χ3v) is 3.02. The molecular weight excluding hydrogens is 290 g/mol. The molecular formula is C14H9BF5O. The van der Waals surface area contributed by atoms with Crippen LogP contribution in [-0.4, -0.2) is 14.4 Å². The van der Waals surface area contributed by atoms with Gasteiger partial charge in [-0.3, -0.25) is 0 Å². The monoisotopic (exact) mass is 299 g/mol. The fourth-order valence-corrected chi connectivity index (χ4v) is 1.92. The van der Waals surface area contributed by atoms with E-state index in [9.17, 15) is 22.0 Å². The van der Waals surface area contributed by atoms with E-state index in [0.717, 1.165) is 20.3 Å². The molecule has 0 atom stereocenters. The number of ether oxygens (including phenoxy) is 1. The summed E-state index contributed by atoms with van der Waals surface area (Å²) in [6.07, 6.45) is 0. The molecule has 0 saturated heterocycles. The van der Waals surface area contributed by atoms with E-state index < -0.39 is 29.1 Å². The first-order chi connectivity index (χ1) is 9.85. The second kappa shape index (κ2) is 5.75. The van der Waals surface area contributed by atoms with Gasteiger partial charge in [-0.1, -0.05) is 0 Å². The number of hydrogen-bond donors (Lipinski definition) is 0. The molecule has 0 amide bonds. The molecule has 21 heavy (non-hydrogen) atoms. The first kappa shape index (κ1) is 15.3. The molecule has 0 aliphatic carbocycles. The van der Waals surface area contributed by atoms with Crippen LogP contribution in [0.2, 0.25) is 0 Å². The first-order valence-corrected chi connectivity index (χ1v) is 5.87. The van der Waals surface area contributed by atoms with Crippen LogP contribution in [0.25, 0.3) is 0 Å². The molecule has 0 heterocycles. The molecule has 0 aliphatic rings. The summed E-state index contributed by atoms with van der Waals surface area (Å²) in [5.74, 6) is -5.69. The van der Waals surface area contributed by atoms with E-state index in [4.69, 9.17) is 4.74 Å². The van der Waals surface area contributed by atoms with Crippen LogP contribution in [0.3, 0.4) is 0 Å². The highest BCUT2D eigenvalue weighted by Gasteiger charge is 2.21. The smallest absolute Gasteiger partial charge is 0.204 e. The fourth-order valence-electron chi connectivity index (χ4n) is 1.92. The first-order valence-electron chi connectivity index (χ1n) is 5.87. The maximum absolute atomic E-state index is 13.8. The van der Waals surface area contributed by atoms with Gasteiger partial charge in [0.25, 0.3) is 0 Å². The normalized spacial score (nSPS) is 10.6. The molecule has 0 aromatic heterocycles. The lowest BCUT2D eigenvalue weighted by molar-refractivity contribution is 0.411. The summed E-state index contributed by atoms with van der Waals surface area (Å²) in [5, 5.41) is 0. The van der Waals surface area contributed by atoms with Gasteiger partial charge in [0.2, 0.25) is 7.28 Å². The molecule has 2 rings (SSSR count). The second-order valence-electron chi connectivity index (χ2n) is 4.34. The van der Waals surface area contributed by atoms with E-state index in [0.29, 0.717) is 12.1 Å². The lowest BCUT2D eigenvalue weighted by atomic mass is 9.61. The molecule has 1 nitrogen and oxygen atoms in total. The second-order valence-corrected chi connectivity index (χ2v) is 4.34. The van der Waals surface area contributed by atoms with Gasteiger partial charge in [0.1, 0.15) is 23.2 Å². The number of methoxy groups -OCH3 is 1. The highest BCUT2D eigenvalue weighted by atomic mass is 19.2. The highest BCUT2D eigenvalue weighted by Crippen LogP contribution is 2.15. The predicted octanol–water partition coefficient (Wildman–Crippen LogP) is 2.35.